The number of quaternary nitrogens is 2. The molecule has 0 atom stereocenters. The predicted molar refractivity (Wildman–Crippen MR) is 107 cm³/mol. The second-order valence-electron chi connectivity index (χ2n) is 6.56. The van der Waals surface area contributed by atoms with Crippen molar-refractivity contribution in [1.82, 2.24) is 12.3 Å². The smallest absolute Gasteiger partial charge is 0.0414 e. The number of carboxylic acids is 2. The third-order valence-corrected chi connectivity index (χ3v) is 3.98. The summed E-state index contributed by atoms with van der Waals surface area (Å²) in [6.07, 6.45) is 19.9. The van der Waals surface area contributed by atoms with Gasteiger partial charge in [0.05, 0.1) is 0 Å². The summed E-state index contributed by atoms with van der Waals surface area (Å²) in [5, 5.41) is 19.1. The Morgan fingerprint density at radius 2 is 0.808 bits per heavy atom. The van der Waals surface area contributed by atoms with E-state index < -0.39 is 11.9 Å². The average Bonchev–Trinajstić information content (AvgIpc) is 2.50. The van der Waals surface area contributed by atoms with E-state index in [0.29, 0.717) is 0 Å². The lowest BCUT2D eigenvalue weighted by molar-refractivity contribution is -0.306. The molecule has 0 saturated heterocycles. The standard InChI is InChI=1S/C18H36O2.C2H4O2.2H3N/c1-2-3-4-5-6-7-8-9-10-11-12-13-14-15-16-17-18(19)20;1-2(3)4;;/h2-17H2,1H3,(H,19,20);1H3,(H,3,4);2*1H3. The van der Waals surface area contributed by atoms with Gasteiger partial charge in [-0.1, -0.05) is 96.8 Å². The van der Waals surface area contributed by atoms with Crippen LogP contribution >= 0.6 is 0 Å². The lowest BCUT2D eigenvalue weighted by atomic mass is 10.0. The molecule has 0 spiro atoms. The first-order chi connectivity index (χ1) is 11.5. The topological polar surface area (TPSA) is 153 Å². The van der Waals surface area contributed by atoms with Gasteiger partial charge >= 0.3 is 0 Å². The first kappa shape index (κ1) is 32.5. The molecular formula is C20H46N2O4. The number of rotatable bonds is 16. The van der Waals surface area contributed by atoms with Crippen LogP contribution in [-0.4, -0.2) is 11.9 Å². The van der Waals surface area contributed by atoms with E-state index in [1.54, 1.807) is 0 Å². The summed E-state index contributed by atoms with van der Waals surface area (Å²) in [4.78, 5) is 19.1. The van der Waals surface area contributed by atoms with E-state index in [2.05, 4.69) is 6.92 Å². The molecule has 0 aromatic heterocycles. The van der Waals surface area contributed by atoms with Crippen molar-refractivity contribution in [2.45, 2.75) is 117 Å². The van der Waals surface area contributed by atoms with Crippen LogP contribution in [-0.2, 0) is 9.59 Å². The quantitative estimate of drug-likeness (QED) is 0.379. The fraction of sp³-hybridized carbons (Fsp3) is 0.900. The minimum atomic E-state index is -1.08. The first-order valence-electron chi connectivity index (χ1n) is 9.88. The Bertz CT molecular complexity index is 283. The van der Waals surface area contributed by atoms with Crippen LogP contribution < -0.4 is 22.5 Å². The number of carbonyl (C=O) groups excluding carboxylic acids is 2. The SMILES string of the molecule is CC(=O)[O-].CCCCCCCCCCCCCCCCCC(=O)[O-].[NH4+].[NH4+]. The second kappa shape index (κ2) is 28.7. The highest BCUT2D eigenvalue weighted by atomic mass is 16.4. The largest absolute Gasteiger partial charge is 0.550 e. The Morgan fingerprint density at radius 3 is 1.04 bits per heavy atom. The minimum absolute atomic E-state index is 0. The fourth-order valence-corrected chi connectivity index (χ4v) is 2.64. The van der Waals surface area contributed by atoms with Crippen molar-refractivity contribution in [3.8, 4) is 0 Å². The number of carbonyl (C=O) groups is 2. The molecule has 0 aliphatic rings. The molecule has 160 valence electrons. The highest BCUT2D eigenvalue weighted by Gasteiger charge is 1.94. The van der Waals surface area contributed by atoms with Gasteiger partial charge < -0.3 is 32.1 Å². The van der Waals surface area contributed by atoms with Crippen molar-refractivity contribution in [3.05, 3.63) is 0 Å². The van der Waals surface area contributed by atoms with Gasteiger partial charge in [-0.2, -0.15) is 0 Å². The highest BCUT2D eigenvalue weighted by Crippen LogP contribution is 2.13. The molecule has 0 aromatic carbocycles. The molecule has 0 amide bonds. The lowest BCUT2D eigenvalue weighted by Crippen LogP contribution is -2.21. The van der Waals surface area contributed by atoms with Crippen molar-refractivity contribution in [1.29, 1.82) is 0 Å². The number of carboxylic acid groups (broad SMARTS) is 2. The van der Waals surface area contributed by atoms with Crippen molar-refractivity contribution >= 4 is 11.9 Å². The molecule has 0 aromatic rings. The molecule has 8 N–H and O–H groups in total. The monoisotopic (exact) mass is 378 g/mol. The predicted octanol–water partition coefficient (Wildman–Crippen LogP) is 4.51. The Labute approximate surface area is 161 Å². The Hall–Kier alpha value is -1.14. The Balaban J connectivity index is -0.000000363. The van der Waals surface area contributed by atoms with Crippen LogP contribution in [0.25, 0.3) is 0 Å². The average molecular weight is 379 g/mol. The van der Waals surface area contributed by atoms with E-state index in [0.717, 1.165) is 19.8 Å². The zero-order valence-electron chi connectivity index (χ0n) is 17.9. The van der Waals surface area contributed by atoms with Crippen LogP contribution in [0.1, 0.15) is 117 Å². The van der Waals surface area contributed by atoms with Crippen LogP contribution in [0.4, 0.5) is 0 Å². The third kappa shape index (κ3) is 43.4. The minimum Gasteiger partial charge on any atom is -0.550 e. The molecule has 6 heteroatoms. The Kier molecular flexibility index (Phi) is 35.8. The first-order valence-corrected chi connectivity index (χ1v) is 9.88. The van der Waals surface area contributed by atoms with Crippen LogP contribution in [0.15, 0.2) is 0 Å². The van der Waals surface area contributed by atoms with Gasteiger partial charge in [0.15, 0.2) is 0 Å². The van der Waals surface area contributed by atoms with E-state index in [1.807, 2.05) is 0 Å². The van der Waals surface area contributed by atoms with Crippen molar-refractivity contribution < 1.29 is 19.8 Å². The number of unbranched alkanes of at least 4 members (excludes halogenated alkanes) is 14. The van der Waals surface area contributed by atoms with Gasteiger partial charge in [-0.3, -0.25) is 0 Å². The maximum atomic E-state index is 10.2. The van der Waals surface area contributed by atoms with Crippen molar-refractivity contribution in [3.63, 3.8) is 0 Å². The van der Waals surface area contributed by atoms with Crippen molar-refractivity contribution in [2.24, 2.45) is 0 Å². The van der Waals surface area contributed by atoms with Gasteiger partial charge in [-0.15, -0.1) is 0 Å². The highest BCUT2D eigenvalue weighted by molar-refractivity contribution is 5.64. The van der Waals surface area contributed by atoms with E-state index in [9.17, 15) is 9.90 Å². The molecular weight excluding hydrogens is 332 g/mol. The van der Waals surface area contributed by atoms with Crippen LogP contribution in [0.3, 0.4) is 0 Å². The molecule has 0 unspecified atom stereocenters. The molecule has 26 heavy (non-hydrogen) atoms. The summed E-state index contributed by atoms with van der Waals surface area (Å²) in [5.74, 6) is -1.99. The van der Waals surface area contributed by atoms with E-state index in [-0.39, 0.29) is 18.7 Å². The van der Waals surface area contributed by atoms with Gasteiger partial charge in [0.1, 0.15) is 0 Å². The van der Waals surface area contributed by atoms with Gasteiger partial charge in [-0.25, -0.2) is 0 Å². The van der Waals surface area contributed by atoms with Gasteiger partial charge in [0.2, 0.25) is 0 Å². The normalized spacial score (nSPS) is 9.31. The molecule has 0 radical (unpaired) electrons. The number of aliphatic carboxylic acids is 2. The van der Waals surface area contributed by atoms with Crippen LogP contribution in [0.5, 0.6) is 0 Å². The van der Waals surface area contributed by atoms with E-state index in [4.69, 9.17) is 9.90 Å². The zero-order chi connectivity index (χ0) is 18.5. The Morgan fingerprint density at radius 1 is 0.577 bits per heavy atom. The van der Waals surface area contributed by atoms with E-state index in [1.165, 1.54) is 83.5 Å². The van der Waals surface area contributed by atoms with E-state index >= 15 is 0 Å². The maximum absolute atomic E-state index is 10.2. The molecule has 0 fully saturated rings. The van der Waals surface area contributed by atoms with Gasteiger partial charge in [-0.05, 0) is 19.8 Å². The van der Waals surface area contributed by atoms with Crippen LogP contribution in [0, 0.1) is 0 Å². The molecule has 0 rings (SSSR count). The maximum Gasteiger partial charge on any atom is 0.0414 e. The summed E-state index contributed by atoms with van der Waals surface area (Å²) in [6.45, 7) is 3.24. The molecule has 0 aliphatic carbocycles. The summed E-state index contributed by atoms with van der Waals surface area (Å²) in [7, 11) is 0. The summed E-state index contributed by atoms with van der Waals surface area (Å²) < 4.78 is 0. The van der Waals surface area contributed by atoms with Crippen LogP contribution in [0.2, 0.25) is 0 Å². The summed E-state index contributed by atoms with van der Waals surface area (Å²) in [6, 6.07) is 0. The molecule has 0 saturated carbocycles. The van der Waals surface area contributed by atoms with Crippen molar-refractivity contribution in [2.75, 3.05) is 0 Å². The second-order valence-corrected chi connectivity index (χ2v) is 6.56. The lowest BCUT2D eigenvalue weighted by Gasteiger charge is -2.04. The van der Waals surface area contributed by atoms with Gasteiger partial charge in [0, 0.05) is 11.9 Å². The molecule has 0 bridgehead atoms. The molecule has 6 nitrogen and oxygen atoms in total. The molecule has 0 aliphatic heterocycles. The van der Waals surface area contributed by atoms with Gasteiger partial charge in [0.25, 0.3) is 0 Å². The summed E-state index contributed by atoms with van der Waals surface area (Å²) >= 11 is 0. The zero-order valence-corrected chi connectivity index (χ0v) is 17.9. The fourth-order valence-electron chi connectivity index (χ4n) is 2.64. The molecule has 0 heterocycles. The summed E-state index contributed by atoms with van der Waals surface area (Å²) in [5.41, 5.74) is 0. The number of hydrogen-bond donors (Lipinski definition) is 2. The third-order valence-electron chi connectivity index (χ3n) is 3.98. The number of hydrogen-bond acceptors (Lipinski definition) is 4.